The molecule has 6 nitrogen and oxygen atoms in total. The van der Waals surface area contributed by atoms with Gasteiger partial charge in [0, 0.05) is 36.6 Å². The molecule has 2 aromatic carbocycles. The number of anilines is 1. The van der Waals surface area contributed by atoms with Gasteiger partial charge in [0.1, 0.15) is 5.75 Å². The van der Waals surface area contributed by atoms with E-state index in [9.17, 15) is 9.59 Å². The van der Waals surface area contributed by atoms with Crippen molar-refractivity contribution in [2.24, 2.45) is 0 Å². The Labute approximate surface area is 190 Å². The van der Waals surface area contributed by atoms with Crippen LogP contribution in [0, 0.1) is 0 Å². The van der Waals surface area contributed by atoms with Crippen LogP contribution in [0.3, 0.4) is 0 Å². The zero-order valence-electron chi connectivity index (χ0n) is 16.9. The fourth-order valence-electron chi connectivity index (χ4n) is 3.67. The van der Waals surface area contributed by atoms with Gasteiger partial charge in [-0.25, -0.2) is 0 Å². The van der Waals surface area contributed by atoms with Crippen LogP contribution in [0.4, 0.5) is 5.69 Å². The fourth-order valence-corrected chi connectivity index (χ4v) is 4.10. The Morgan fingerprint density at radius 1 is 1.00 bits per heavy atom. The third-order valence-corrected chi connectivity index (χ3v) is 5.79. The Morgan fingerprint density at radius 2 is 1.71 bits per heavy atom. The van der Waals surface area contributed by atoms with Crippen LogP contribution < -0.4 is 10.1 Å². The van der Waals surface area contributed by atoms with Gasteiger partial charge in [-0.1, -0.05) is 23.2 Å². The van der Waals surface area contributed by atoms with E-state index in [0.717, 1.165) is 12.8 Å². The number of rotatable bonds is 5. The number of nitrogens with one attached hydrogen (secondary N) is 1. The van der Waals surface area contributed by atoms with Gasteiger partial charge in [-0.05, 0) is 49.2 Å². The third-order valence-electron chi connectivity index (χ3n) is 5.25. The zero-order chi connectivity index (χ0) is 22.0. The van der Waals surface area contributed by atoms with Crippen molar-refractivity contribution in [3.8, 4) is 11.4 Å². The molecule has 0 radical (unpaired) electrons. The normalized spacial score (nSPS) is 13.3. The minimum absolute atomic E-state index is 0.127. The number of likely N-dealkylation sites (tertiary alicyclic amines) is 1. The number of hydrogen-bond acceptors (Lipinski definition) is 3. The number of aromatic nitrogens is 1. The maximum atomic E-state index is 13.1. The number of carbonyl (C=O) groups is 2. The molecule has 1 N–H and O–H groups in total. The second kappa shape index (κ2) is 9.04. The molecule has 3 aromatic rings. The lowest BCUT2D eigenvalue weighted by atomic mass is 10.1. The van der Waals surface area contributed by atoms with Crippen molar-refractivity contribution in [1.82, 2.24) is 9.47 Å². The van der Waals surface area contributed by atoms with Crippen LogP contribution in [-0.2, 0) is 0 Å². The quantitative estimate of drug-likeness (QED) is 0.566. The largest absolute Gasteiger partial charge is 0.496 e. The van der Waals surface area contributed by atoms with Crippen LogP contribution in [0.5, 0.6) is 5.75 Å². The van der Waals surface area contributed by atoms with Gasteiger partial charge in [0.2, 0.25) is 0 Å². The van der Waals surface area contributed by atoms with E-state index in [2.05, 4.69) is 5.32 Å². The average Bonchev–Trinajstić information content (AvgIpc) is 3.47. The minimum Gasteiger partial charge on any atom is -0.496 e. The van der Waals surface area contributed by atoms with Crippen LogP contribution in [0.2, 0.25) is 10.0 Å². The van der Waals surface area contributed by atoms with Gasteiger partial charge in [0.05, 0.1) is 34.6 Å². The second-order valence-electron chi connectivity index (χ2n) is 7.24. The van der Waals surface area contributed by atoms with E-state index in [1.807, 2.05) is 29.1 Å². The maximum Gasteiger partial charge on any atom is 0.259 e. The van der Waals surface area contributed by atoms with Crippen LogP contribution in [0.15, 0.2) is 54.9 Å². The standard InChI is InChI=1S/C23H21Cl2N3O3/c1-31-21-14-20(27-8-2-3-9-27)18(25)13-17(21)22(29)26-19-12-15(24)6-7-16(19)23(30)28-10-4-5-11-28/h2-3,6-9,12-14H,4-5,10-11H2,1H3,(H,26,29). The molecule has 0 spiro atoms. The molecule has 1 saturated heterocycles. The Kier molecular flexibility index (Phi) is 6.20. The summed E-state index contributed by atoms with van der Waals surface area (Å²) in [6.45, 7) is 1.41. The average molecular weight is 458 g/mol. The number of amides is 2. The molecular formula is C23H21Cl2N3O3. The Bertz CT molecular complexity index is 1120. The lowest BCUT2D eigenvalue weighted by Crippen LogP contribution is -2.29. The Balaban J connectivity index is 1.66. The molecule has 0 unspecified atom stereocenters. The van der Waals surface area contributed by atoms with Gasteiger partial charge in [0.25, 0.3) is 11.8 Å². The summed E-state index contributed by atoms with van der Waals surface area (Å²) in [6.07, 6.45) is 5.65. The summed E-state index contributed by atoms with van der Waals surface area (Å²) in [4.78, 5) is 27.8. The molecule has 0 saturated carbocycles. The van der Waals surface area contributed by atoms with Gasteiger partial charge in [0.15, 0.2) is 0 Å². The molecule has 1 aromatic heterocycles. The van der Waals surface area contributed by atoms with Gasteiger partial charge in [-0.2, -0.15) is 0 Å². The maximum absolute atomic E-state index is 13.1. The van der Waals surface area contributed by atoms with Gasteiger partial charge >= 0.3 is 0 Å². The molecule has 0 bridgehead atoms. The first-order valence-corrected chi connectivity index (χ1v) is 10.6. The molecule has 160 valence electrons. The van der Waals surface area contributed by atoms with Crippen molar-refractivity contribution in [2.45, 2.75) is 12.8 Å². The first-order chi connectivity index (χ1) is 15.0. The molecule has 0 aliphatic carbocycles. The number of carbonyl (C=O) groups excluding carboxylic acids is 2. The van der Waals surface area contributed by atoms with Crippen molar-refractivity contribution in [2.75, 3.05) is 25.5 Å². The Morgan fingerprint density at radius 3 is 2.39 bits per heavy atom. The molecule has 1 aliphatic heterocycles. The van der Waals surface area contributed by atoms with Crippen molar-refractivity contribution >= 4 is 40.7 Å². The first-order valence-electron chi connectivity index (χ1n) is 9.89. The van der Waals surface area contributed by atoms with Gasteiger partial charge < -0.3 is 19.5 Å². The highest BCUT2D eigenvalue weighted by molar-refractivity contribution is 6.33. The number of methoxy groups -OCH3 is 1. The van der Waals surface area contributed by atoms with Crippen molar-refractivity contribution in [1.29, 1.82) is 0 Å². The van der Waals surface area contributed by atoms with Crippen LogP contribution >= 0.6 is 23.2 Å². The highest BCUT2D eigenvalue weighted by Gasteiger charge is 2.24. The third kappa shape index (κ3) is 4.40. The number of ether oxygens (including phenoxy) is 1. The highest BCUT2D eigenvalue weighted by atomic mass is 35.5. The van der Waals surface area contributed by atoms with E-state index in [1.165, 1.54) is 7.11 Å². The molecule has 31 heavy (non-hydrogen) atoms. The van der Waals surface area contributed by atoms with E-state index in [0.29, 0.717) is 45.8 Å². The van der Waals surface area contributed by atoms with Crippen molar-refractivity contribution in [3.63, 3.8) is 0 Å². The summed E-state index contributed by atoms with van der Waals surface area (Å²) >= 11 is 12.6. The van der Waals surface area contributed by atoms with Crippen LogP contribution in [0.1, 0.15) is 33.6 Å². The lowest BCUT2D eigenvalue weighted by Gasteiger charge is -2.19. The summed E-state index contributed by atoms with van der Waals surface area (Å²) in [5.74, 6) is -0.215. The van der Waals surface area contributed by atoms with Crippen LogP contribution in [-0.4, -0.2) is 41.5 Å². The summed E-state index contributed by atoms with van der Waals surface area (Å²) in [6, 6.07) is 11.9. The summed E-state index contributed by atoms with van der Waals surface area (Å²) in [7, 11) is 1.49. The molecule has 1 fully saturated rings. The topological polar surface area (TPSA) is 63.6 Å². The van der Waals surface area contributed by atoms with Crippen molar-refractivity contribution < 1.29 is 14.3 Å². The second-order valence-corrected chi connectivity index (χ2v) is 8.08. The summed E-state index contributed by atoms with van der Waals surface area (Å²) in [5, 5.41) is 3.62. The van der Waals surface area contributed by atoms with E-state index < -0.39 is 5.91 Å². The van der Waals surface area contributed by atoms with E-state index >= 15 is 0 Å². The van der Waals surface area contributed by atoms with E-state index in [4.69, 9.17) is 27.9 Å². The van der Waals surface area contributed by atoms with E-state index in [-0.39, 0.29) is 11.5 Å². The number of halogens is 2. The number of nitrogens with zero attached hydrogens (tertiary/aromatic N) is 2. The molecule has 1 aliphatic rings. The monoisotopic (exact) mass is 457 g/mol. The summed E-state index contributed by atoms with van der Waals surface area (Å²) < 4.78 is 7.28. The van der Waals surface area contributed by atoms with Gasteiger partial charge in [-0.15, -0.1) is 0 Å². The number of benzene rings is 2. The van der Waals surface area contributed by atoms with Gasteiger partial charge in [-0.3, -0.25) is 9.59 Å². The molecule has 8 heteroatoms. The lowest BCUT2D eigenvalue weighted by molar-refractivity contribution is 0.0794. The molecule has 0 atom stereocenters. The fraction of sp³-hybridized carbons (Fsp3) is 0.217. The predicted octanol–water partition coefficient (Wildman–Crippen LogP) is 5.28. The highest BCUT2D eigenvalue weighted by Crippen LogP contribution is 2.31. The number of hydrogen-bond donors (Lipinski definition) is 1. The first kappa shape index (κ1) is 21.3. The Hall–Kier alpha value is -2.96. The predicted molar refractivity (Wildman–Crippen MR) is 122 cm³/mol. The SMILES string of the molecule is COc1cc(-n2cccc2)c(Cl)cc1C(=O)Nc1cc(Cl)ccc1C(=O)N1CCCC1. The van der Waals surface area contributed by atoms with Crippen molar-refractivity contribution in [3.05, 3.63) is 76.0 Å². The smallest absolute Gasteiger partial charge is 0.259 e. The molecule has 2 amide bonds. The molecule has 4 rings (SSSR count). The van der Waals surface area contributed by atoms with Crippen LogP contribution in [0.25, 0.3) is 5.69 Å². The molecular weight excluding hydrogens is 437 g/mol. The zero-order valence-corrected chi connectivity index (χ0v) is 18.4. The summed E-state index contributed by atoms with van der Waals surface area (Å²) in [5.41, 5.74) is 1.69. The minimum atomic E-state index is -0.449. The molecule has 2 heterocycles. The van der Waals surface area contributed by atoms with E-state index in [1.54, 1.807) is 35.2 Å².